The van der Waals surface area contributed by atoms with Gasteiger partial charge >= 0.3 is 0 Å². The fourth-order valence-electron chi connectivity index (χ4n) is 1.97. The van der Waals surface area contributed by atoms with Gasteiger partial charge in [-0.05, 0) is 31.0 Å². The van der Waals surface area contributed by atoms with E-state index in [2.05, 4.69) is 15.6 Å². The number of benzene rings is 1. The second kappa shape index (κ2) is 7.59. The van der Waals surface area contributed by atoms with E-state index in [4.69, 9.17) is 4.42 Å². The second-order valence-electron chi connectivity index (χ2n) is 4.93. The van der Waals surface area contributed by atoms with Crippen LogP contribution in [-0.4, -0.2) is 17.4 Å². The quantitative estimate of drug-likeness (QED) is 0.821. The molecule has 2 N–H and O–H groups in total. The Morgan fingerprint density at radius 3 is 3.00 bits per heavy atom. The number of oxazole rings is 1. The van der Waals surface area contributed by atoms with E-state index in [0.29, 0.717) is 24.5 Å². The van der Waals surface area contributed by atoms with E-state index < -0.39 is 0 Å². The molecule has 21 heavy (non-hydrogen) atoms. The lowest BCUT2D eigenvalue weighted by atomic mass is 10.1. The van der Waals surface area contributed by atoms with Gasteiger partial charge in [0.25, 0.3) is 5.91 Å². The summed E-state index contributed by atoms with van der Waals surface area (Å²) in [6.45, 7) is 5.37. The minimum atomic E-state index is -0.0283. The van der Waals surface area contributed by atoms with Crippen LogP contribution in [0.4, 0.5) is 0 Å². The molecule has 1 unspecified atom stereocenters. The highest BCUT2D eigenvalue weighted by atomic mass is 16.3. The summed E-state index contributed by atoms with van der Waals surface area (Å²) >= 11 is 0. The van der Waals surface area contributed by atoms with Crippen molar-refractivity contribution in [2.45, 2.75) is 32.9 Å². The fraction of sp³-hybridized carbons (Fsp3) is 0.375. The molecule has 1 aromatic heterocycles. The zero-order chi connectivity index (χ0) is 15.1. The van der Waals surface area contributed by atoms with Crippen molar-refractivity contribution in [2.24, 2.45) is 0 Å². The molecule has 2 aromatic rings. The lowest BCUT2D eigenvalue weighted by Gasteiger charge is -2.11. The topological polar surface area (TPSA) is 67.2 Å². The van der Waals surface area contributed by atoms with Crippen LogP contribution in [0.1, 0.15) is 48.1 Å². The van der Waals surface area contributed by atoms with Crippen LogP contribution in [-0.2, 0) is 6.54 Å². The monoisotopic (exact) mass is 287 g/mol. The highest BCUT2D eigenvalue weighted by molar-refractivity contribution is 5.94. The third-order valence-corrected chi connectivity index (χ3v) is 3.16. The lowest BCUT2D eigenvalue weighted by Crippen LogP contribution is -2.24. The van der Waals surface area contributed by atoms with Crippen LogP contribution in [0.3, 0.4) is 0 Å². The Morgan fingerprint density at radius 2 is 2.29 bits per heavy atom. The standard InChI is InChI=1S/C16H21N3O2/c1-3-7-17-15(20)14-6-4-5-13(10-14)11-19-12(2)16-18-8-9-21-16/h4-6,8-10,12,19H,3,7,11H2,1-2H3,(H,17,20). The number of hydrogen-bond donors (Lipinski definition) is 2. The van der Waals surface area contributed by atoms with Gasteiger partial charge in [-0.2, -0.15) is 0 Å². The first-order valence-corrected chi connectivity index (χ1v) is 7.20. The van der Waals surface area contributed by atoms with Crippen molar-refractivity contribution in [2.75, 3.05) is 6.54 Å². The summed E-state index contributed by atoms with van der Waals surface area (Å²) < 4.78 is 5.25. The van der Waals surface area contributed by atoms with Crippen LogP contribution < -0.4 is 10.6 Å². The Balaban J connectivity index is 1.93. The number of amides is 1. The summed E-state index contributed by atoms with van der Waals surface area (Å²) in [5, 5.41) is 6.20. The molecule has 0 aliphatic heterocycles. The summed E-state index contributed by atoms with van der Waals surface area (Å²) in [6.07, 6.45) is 4.12. The number of hydrogen-bond acceptors (Lipinski definition) is 4. The van der Waals surface area contributed by atoms with Crippen LogP contribution in [0.5, 0.6) is 0 Å². The van der Waals surface area contributed by atoms with Gasteiger partial charge in [0.2, 0.25) is 5.89 Å². The van der Waals surface area contributed by atoms with Crippen molar-refractivity contribution in [3.8, 4) is 0 Å². The maximum atomic E-state index is 11.9. The molecule has 1 amide bonds. The average molecular weight is 287 g/mol. The highest BCUT2D eigenvalue weighted by Gasteiger charge is 2.10. The minimum Gasteiger partial charge on any atom is -0.447 e. The molecule has 1 atom stereocenters. The molecule has 0 bridgehead atoms. The summed E-state index contributed by atoms with van der Waals surface area (Å²) in [6, 6.07) is 7.64. The smallest absolute Gasteiger partial charge is 0.251 e. The molecule has 0 saturated heterocycles. The maximum absolute atomic E-state index is 11.9. The second-order valence-corrected chi connectivity index (χ2v) is 4.93. The van der Waals surface area contributed by atoms with Gasteiger partial charge < -0.3 is 15.1 Å². The molecule has 1 heterocycles. The first kappa shape index (κ1) is 15.3. The van der Waals surface area contributed by atoms with E-state index in [1.807, 2.05) is 38.1 Å². The van der Waals surface area contributed by atoms with Gasteiger partial charge in [-0.15, -0.1) is 0 Å². The van der Waals surface area contributed by atoms with Crippen LogP contribution >= 0.6 is 0 Å². The zero-order valence-corrected chi connectivity index (χ0v) is 12.4. The van der Waals surface area contributed by atoms with Gasteiger partial charge in [0.15, 0.2) is 0 Å². The summed E-state index contributed by atoms with van der Waals surface area (Å²) in [5.41, 5.74) is 1.74. The molecule has 1 aromatic carbocycles. The van der Waals surface area contributed by atoms with Crippen molar-refractivity contribution >= 4 is 5.91 Å². The Hall–Kier alpha value is -2.14. The van der Waals surface area contributed by atoms with Crippen LogP contribution in [0, 0.1) is 0 Å². The number of nitrogens with zero attached hydrogens (tertiary/aromatic N) is 1. The van der Waals surface area contributed by atoms with Crippen molar-refractivity contribution in [1.82, 2.24) is 15.6 Å². The predicted molar refractivity (Wildman–Crippen MR) is 80.8 cm³/mol. The molecule has 0 aliphatic carbocycles. The van der Waals surface area contributed by atoms with Crippen molar-refractivity contribution in [3.05, 3.63) is 53.7 Å². The van der Waals surface area contributed by atoms with Crippen molar-refractivity contribution < 1.29 is 9.21 Å². The molecular weight excluding hydrogens is 266 g/mol. The molecule has 0 spiro atoms. The van der Waals surface area contributed by atoms with Gasteiger partial charge in [-0.3, -0.25) is 4.79 Å². The zero-order valence-electron chi connectivity index (χ0n) is 12.4. The van der Waals surface area contributed by atoms with Gasteiger partial charge in [0.1, 0.15) is 6.26 Å². The Morgan fingerprint density at radius 1 is 1.43 bits per heavy atom. The molecule has 2 rings (SSSR count). The van der Waals surface area contributed by atoms with Crippen LogP contribution in [0.15, 0.2) is 41.1 Å². The molecular formula is C16H21N3O2. The summed E-state index contributed by atoms with van der Waals surface area (Å²) in [7, 11) is 0. The molecule has 0 aliphatic rings. The van der Waals surface area contributed by atoms with E-state index in [0.717, 1.165) is 12.0 Å². The SMILES string of the molecule is CCCNC(=O)c1cccc(CNC(C)c2ncco2)c1. The summed E-state index contributed by atoms with van der Waals surface area (Å²) in [4.78, 5) is 16.0. The lowest BCUT2D eigenvalue weighted by molar-refractivity contribution is 0.0953. The Labute approximate surface area is 124 Å². The van der Waals surface area contributed by atoms with E-state index in [1.54, 1.807) is 12.5 Å². The summed E-state index contributed by atoms with van der Waals surface area (Å²) in [5.74, 6) is 0.631. The van der Waals surface area contributed by atoms with Gasteiger partial charge in [0, 0.05) is 18.7 Å². The fourth-order valence-corrected chi connectivity index (χ4v) is 1.97. The first-order valence-electron chi connectivity index (χ1n) is 7.20. The van der Waals surface area contributed by atoms with Gasteiger partial charge in [-0.1, -0.05) is 19.1 Å². The van der Waals surface area contributed by atoms with Gasteiger partial charge in [-0.25, -0.2) is 4.98 Å². The van der Waals surface area contributed by atoms with E-state index in [1.165, 1.54) is 0 Å². The number of rotatable bonds is 7. The van der Waals surface area contributed by atoms with E-state index in [9.17, 15) is 4.79 Å². The molecule has 0 radical (unpaired) electrons. The number of nitrogens with one attached hydrogen (secondary N) is 2. The normalized spacial score (nSPS) is 12.1. The molecule has 5 heteroatoms. The molecule has 0 fully saturated rings. The van der Waals surface area contributed by atoms with Gasteiger partial charge in [0.05, 0.1) is 12.2 Å². The number of carbonyl (C=O) groups excluding carboxylic acids is 1. The first-order chi connectivity index (χ1) is 10.2. The highest BCUT2D eigenvalue weighted by Crippen LogP contribution is 2.11. The van der Waals surface area contributed by atoms with Crippen LogP contribution in [0.2, 0.25) is 0 Å². The number of aromatic nitrogens is 1. The maximum Gasteiger partial charge on any atom is 0.251 e. The molecule has 5 nitrogen and oxygen atoms in total. The van der Waals surface area contributed by atoms with E-state index in [-0.39, 0.29) is 11.9 Å². The van der Waals surface area contributed by atoms with E-state index >= 15 is 0 Å². The van der Waals surface area contributed by atoms with Crippen molar-refractivity contribution in [1.29, 1.82) is 0 Å². The molecule has 112 valence electrons. The molecule has 0 saturated carbocycles. The third kappa shape index (κ3) is 4.43. The third-order valence-electron chi connectivity index (χ3n) is 3.16. The Bertz CT molecular complexity index is 567. The number of carbonyl (C=O) groups is 1. The minimum absolute atomic E-state index is 0.0255. The van der Waals surface area contributed by atoms with Crippen molar-refractivity contribution in [3.63, 3.8) is 0 Å². The van der Waals surface area contributed by atoms with Crippen LogP contribution in [0.25, 0.3) is 0 Å². The predicted octanol–water partition coefficient (Wildman–Crippen LogP) is 2.67. The largest absolute Gasteiger partial charge is 0.447 e. The Kier molecular flexibility index (Phi) is 5.51. The average Bonchev–Trinajstić information content (AvgIpc) is 3.05.